The van der Waals surface area contributed by atoms with Gasteiger partial charge in [0.15, 0.2) is 0 Å². The zero-order valence-electron chi connectivity index (χ0n) is 18.9. The topological polar surface area (TPSA) is 27.0 Å². The molecule has 0 saturated heterocycles. The Balaban J connectivity index is 2.44. The second kappa shape index (κ2) is 10.6. The van der Waals surface area contributed by atoms with Gasteiger partial charge in [-0.3, -0.25) is 4.90 Å². The fourth-order valence-corrected chi connectivity index (χ4v) is 4.22. The quantitative estimate of drug-likeness (QED) is 0.356. The number of hydrogen-bond acceptors (Lipinski definition) is 2. The molecule has 0 aliphatic rings. The monoisotopic (exact) mass is 470 g/mol. The normalized spacial score (nSPS) is 14.4. The van der Waals surface area contributed by atoms with E-state index in [1.54, 1.807) is 0 Å². The molecule has 1 unspecified atom stereocenters. The third-order valence-corrected chi connectivity index (χ3v) is 6.05. The van der Waals surface area contributed by atoms with E-state index in [0.29, 0.717) is 31.8 Å². The van der Waals surface area contributed by atoms with E-state index in [-0.39, 0.29) is 12.8 Å². The van der Waals surface area contributed by atoms with E-state index in [4.69, 9.17) is 0 Å². The maximum Gasteiger partial charge on any atom is 0.416 e. The Morgan fingerprint density at radius 1 is 0.879 bits per heavy atom. The highest BCUT2D eigenvalue weighted by Gasteiger charge is 2.49. The van der Waals surface area contributed by atoms with E-state index in [1.807, 2.05) is 43.3 Å². The molecule has 2 aromatic rings. The molecule has 0 aliphatic heterocycles. The van der Waals surface area contributed by atoms with Crippen molar-refractivity contribution < 1.29 is 26.3 Å². The van der Waals surface area contributed by atoms with Crippen LogP contribution in [-0.4, -0.2) is 18.0 Å². The first-order valence-electron chi connectivity index (χ1n) is 10.8. The summed E-state index contributed by atoms with van der Waals surface area (Å²) >= 11 is 0. The van der Waals surface area contributed by atoms with E-state index in [9.17, 15) is 31.6 Å². The van der Waals surface area contributed by atoms with Crippen LogP contribution in [-0.2, 0) is 24.3 Å². The molecule has 2 nitrogen and oxygen atoms in total. The van der Waals surface area contributed by atoms with Gasteiger partial charge >= 0.3 is 12.4 Å². The molecule has 0 fully saturated rings. The Morgan fingerprint density at radius 2 is 1.42 bits per heavy atom. The van der Waals surface area contributed by atoms with Crippen LogP contribution in [0.5, 0.6) is 0 Å². The molecule has 180 valence electrons. The number of rotatable bonds is 9. The fourth-order valence-electron chi connectivity index (χ4n) is 4.22. The summed E-state index contributed by atoms with van der Waals surface area (Å²) in [5.41, 5.74) is -4.65. The lowest BCUT2D eigenvalue weighted by atomic mass is 9.66. The summed E-state index contributed by atoms with van der Waals surface area (Å²) in [5, 5.41) is 10.0. The maximum atomic E-state index is 13.8. The van der Waals surface area contributed by atoms with Gasteiger partial charge in [0.05, 0.1) is 22.6 Å². The van der Waals surface area contributed by atoms with Gasteiger partial charge in [-0.25, -0.2) is 0 Å². The molecule has 8 heteroatoms. The first kappa shape index (κ1) is 26.7. The fraction of sp³-hybridized carbons (Fsp3) is 0.480. The molecular formula is C25H28F6N2. The zero-order chi connectivity index (χ0) is 24.9. The molecule has 0 aliphatic carbocycles. The Morgan fingerprint density at radius 3 is 1.85 bits per heavy atom. The number of alkyl halides is 6. The largest absolute Gasteiger partial charge is 0.416 e. The SMILES string of the molecule is CCN(CCCC(C#N)(c1c(C(F)(F)F)cccc1C(F)(F)F)C(C)C)Cc1ccccc1. The molecule has 0 heterocycles. The van der Waals surface area contributed by atoms with Gasteiger partial charge in [-0.15, -0.1) is 0 Å². The van der Waals surface area contributed by atoms with Crippen molar-refractivity contribution in [3.05, 3.63) is 70.8 Å². The van der Waals surface area contributed by atoms with Crippen LogP contribution in [0.2, 0.25) is 0 Å². The van der Waals surface area contributed by atoms with Crippen LogP contribution in [0.25, 0.3) is 0 Å². The van der Waals surface area contributed by atoms with Crippen LogP contribution >= 0.6 is 0 Å². The van der Waals surface area contributed by atoms with Gasteiger partial charge in [-0.2, -0.15) is 31.6 Å². The van der Waals surface area contributed by atoms with Crippen LogP contribution in [0.1, 0.15) is 55.9 Å². The number of nitriles is 1. The Labute approximate surface area is 190 Å². The summed E-state index contributed by atoms with van der Waals surface area (Å²) < 4.78 is 82.9. The van der Waals surface area contributed by atoms with E-state index in [2.05, 4.69) is 4.90 Å². The van der Waals surface area contributed by atoms with E-state index in [1.165, 1.54) is 13.8 Å². The summed E-state index contributed by atoms with van der Waals surface area (Å²) in [5.74, 6) is -0.767. The van der Waals surface area contributed by atoms with Gasteiger partial charge in [0.25, 0.3) is 0 Å². The average Bonchev–Trinajstić information content (AvgIpc) is 2.75. The van der Waals surface area contributed by atoms with Gasteiger partial charge in [-0.1, -0.05) is 57.2 Å². The molecule has 0 amide bonds. The molecule has 2 rings (SSSR count). The number of nitrogens with zero attached hydrogens (tertiary/aromatic N) is 2. The van der Waals surface area contributed by atoms with Crippen molar-refractivity contribution in [3.63, 3.8) is 0 Å². The van der Waals surface area contributed by atoms with E-state index in [0.717, 1.165) is 11.6 Å². The van der Waals surface area contributed by atoms with Crippen LogP contribution in [0.15, 0.2) is 48.5 Å². The van der Waals surface area contributed by atoms with Crippen LogP contribution in [0.3, 0.4) is 0 Å². The van der Waals surface area contributed by atoms with Crippen molar-refractivity contribution in [2.24, 2.45) is 5.92 Å². The minimum absolute atomic E-state index is 0.122. The second-order valence-electron chi connectivity index (χ2n) is 8.42. The minimum Gasteiger partial charge on any atom is -0.299 e. The maximum absolute atomic E-state index is 13.8. The molecular weight excluding hydrogens is 442 g/mol. The van der Waals surface area contributed by atoms with Crippen LogP contribution in [0.4, 0.5) is 26.3 Å². The Hall–Kier alpha value is -2.53. The summed E-state index contributed by atoms with van der Waals surface area (Å²) in [6, 6.07) is 13.5. The predicted molar refractivity (Wildman–Crippen MR) is 115 cm³/mol. The average molecular weight is 471 g/mol. The van der Waals surface area contributed by atoms with E-state index >= 15 is 0 Å². The first-order valence-corrected chi connectivity index (χ1v) is 10.8. The highest BCUT2D eigenvalue weighted by molar-refractivity contribution is 5.48. The lowest BCUT2D eigenvalue weighted by molar-refractivity contribution is -0.145. The van der Waals surface area contributed by atoms with Crippen molar-refractivity contribution >= 4 is 0 Å². The van der Waals surface area contributed by atoms with Gasteiger partial charge in [0.1, 0.15) is 0 Å². The number of halogens is 6. The molecule has 33 heavy (non-hydrogen) atoms. The van der Waals surface area contributed by atoms with E-state index < -0.39 is 40.4 Å². The lowest BCUT2D eigenvalue weighted by Crippen LogP contribution is -2.37. The summed E-state index contributed by atoms with van der Waals surface area (Å²) in [6.07, 6.45) is -9.88. The molecule has 0 aromatic heterocycles. The van der Waals surface area contributed by atoms with Crippen molar-refractivity contribution in [2.75, 3.05) is 13.1 Å². The lowest BCUT2D eigenvalue weighted by Gasteiger charge is -2.36. The molecule has 0 radical (unpaired) electrons. The second-order valence-corrected chi connectivity index (χ2v) is 8.42. The summed E-state index contributed by atoms with van der Waals surface area (Å²) in [6.45, 7) is 6.63. The zero-order valence-corrected chi connectivity index (χ0v) is 18.9. The molecule has 0 N–H and O–H groups in total. The Bertz CT molecular complexity index is 912. The predicted octanol–water partition coefficient (Wildman–Crippen LogP) is 7.44. The van der Waals surface area contributed by atoms with Crippen molar-refractivity contribution in [1.82, 2.24) is 4.90 Å². The van der Waals surface area contributed by atoms with Crippen LogP contribution in [0, 0.1) is 17.2 Å². The summed E-state index contributed by atoms with van der Waals surface area (Å²) in [7, 11) is 0. The minimum atomic E-state index is -5.02. The molecule has 1 atom stereocenters. The molecule has 2 aromatic carbocycles. The third-order valence-electron chi connectivity index (χ3n) is 6.05. The van der Waals surface area contributed by atoms with Crippen molar-refractivity contribution in [2.45, 2.75) is 57.9 Å². The number of benzene rings is 2. The highest BCUT2D eigenvalue weighted by atomic mass is 19.4. The van der Waals surface area contributed by atoms with Gasteiger partial charge in [-0.05, 0) is 55.1 Å². The molecule has 0 bridgehead atoms. The standard InChI is InChI=1S/C25H28F6N2/c1-4-33(16-19-10-6-5-7-11-19)15-9-14-23(17-32,18(2)3)22-20(24(26,27)28)12-8-13-21(22)25(29,30)31/h5-8,10-13,18H,4,9,14-16H2,1-3H3. The van der Waals surface area contributed by atoms with Gasteiger partial charge < -0.3 is 0 Å². The Kier molecular flexibility index (Phi) is 8.58. The number of hydrogen-bond donors (Lipinski definition) is 0. The molecule has 0 spiro atoms. The first-order chi connectivity index (χ1) is 15.4. The van der Waals surface area contributed by atoms with Crippen LogP contribution < -0.4 is 0 Å². The summed E-state index contributed by atoms with van der Waals surface area (Å²) in [4.78, 5) is 2.05. The smallest absolute Gasteiger partial charge is 0.299 e. The third kappa shape index (κ3) is 6.29. The molecule has 0 saturated carbocycles. The van der Waals surface area contributed by atoms with Crippen molar-refractivity contribution in [3.8, 4) is 6.07 Å². The highest BCUT2D eigenvalue weighted by Crippen LogP contribution is 2.48. The van der Waals surface area contributed by atoms with Crippen molar-refractivity contribution in [1.29, 1.82) is 5.26 Å². The van der Waals surface area contributed by atoms with Gasteiger partial charge in [0.2, 0.25) is 0 Å². The van der Waals surface area contributed by atoms with Gasteiger partial charge in [0, 0.05) is 6.54 Å².